The van der Waals surface area contributed by atoms with Gasteiger partial charge in [-0.3, -0.25) is 4.79 Å². The van der Waals surface area contributed by atoms with Crippen LogP contribution in [0.5, 0.6) is 5.75 Å². The molecule has 1 saturated heterocycles. The Morgan fingerprint density at radius 1 is 1.24 bits per heavy atom. The Kier molecular flexibility index (Phi) is 3.67. The number of nitrogens with zero attached hydrogens (tertiary/aromatic N) is 1. The summed E-state index contributed by atoms with van der Waals surface area (Å²) in [5.41, 5.74) is 1.06. The molecule has 0 saturated carbocycles. The molecule has 1 fully saturated rings. The molecule has 0 aliphatic carbocycles. The smallest absolute Gasteiger partial charge is 0.229 e. The van der Waals surface area contributed by atoms with Gasteiger partial charge in [0.15, 0.2) is 0 Å². The van der Waals surface area contributed by atoms with Crippen molar-refractivity contribution in [1.29, 1.82) is 0 Å². The summed E-state index contributed by atoms with van der Waals surface area (Å²) in [6.45, 7) is 3.81. The van der Waals surface area contributed by atoms with Gasteiger partial charge in [-0.25, -0.2) is 0 Å². The fourth-order valence-corrected chi connectivity index (χ4v) is 2.25. The van der Waals surface area contributed by atoms with Gasteiger partial charge in [-0.15, -0.1) is 0 Å². The Balaban J connectivity index is 2.07. The summed E-state index contributed by atoms with van der Waals surface area (Å²) < 4.78 is 5.11. The number of hydrogen-bond donors (Lipinski definition) is 0. The van der Waals surface area contributed by atoms with E-state index in [1.165, 1.54) is 0 Å². The van der Waals surface area contributed by atoms with E-state index in [2.05, 4.69) is 0 Å². The second kappa shape index (κ2) is 5.21. The Labute approximate surface area is 102 Å². The van der Waals surface area contributed by atoms with Crippen molar-refractivity contribution >= 4 is 5.91 Å². The number of rotatable bonds is 3. The Morgan fingerprint density at radius 2 is 1.82 bits per heavy atom. The number of methoxy groups -OCH3 is 1. The van der Waals surface area contributed by atoms with Crippen molar-refractivity contribution in [3.05, 3.63) is 29.8 Å². The third kappa shape index (κ3) is 2.60. The third-order valence-corrected chi connectivity index (χ3v) is 3.40. The fraction of sp³-hybridized carbons (Fsp3) is 0.500. The maximum absolute atomic E-state index is 12.2. The Bertz CT molecular complexity index is 380. The maximum atomic E-state index is 12.2. The van der Waals surface area contributed by atoms with E-state index in [1.807, 2.05) is 36.1 Å². The van der Waals surface area contributed by atoms with Crippen LogP contribution in [0.1, 0.15) is 31.2 Å². The van der Waals surface area contributed by atoms with E-state index in [0.29, 0.717) is 0 Å². The molecule has 1 aliphatic heterocycles. The third-order valence-electron chi connectivity index (χ3n) is 3.40. The highest BCUT2D eigenvalue weighted by atomic mass is 16.5. The highest BCUT2D eigenvalue weighted by Crippen LogP contribution is 2.22. The number of ether oxygens (including phenoxy) is 1. The first-order chi connectivity index (χ1) is 8.22. The molecule has 1 aliphatic rings. The van der Waals surface area contributed by atoms with Crippen molar-refractivity contribution in [2.75, 3.05) is 20.2 Å². The molecule has 0 radical (unpaired) electrons. The molecule has 0 N–H and O–H groups in total. The molecular weight excluding hydrogens is 214 g/mol. The van der Waals surface area contributed by atoms with Crippen LogP contribution < -0.4 is 4.74 Å². The van der Waals surface area contributed by atoms with Crippen LogP contribution in [0, 0.1) is 0 Å². The number of hydrogen-bond acceptors (Lipinski definition) is 2. The monoisotopic (exact) mass is 233 g/mol. The van der Waals surface area contributed by atoms with Crippen molar-refractivity contribution < 1.29 is 9.53 Å². The Hall–Kier alpha value is -1.51. The largest absolute Gasteiger partial charge is 0.497 e. The van der Waals surface area contributed by atoms with Crippen LogP contribution >= 0.6 is 0 Å². The van der Waals surface area contributed by atoms with E-state index in [0.717, 1.165) is 37.2 Å². The van der Waals surface area contributed by atoms with Crippen molar-refractivity contribution in [2.45, 2.75) is 25.7 Å². The van der Waals surface area contributed by atoms with E-state index in [-0.39, 0.29) is 11.8 Å². The minimum Gasteiger partial charge on any atom is -0.497 e. The lowest BCUT2D eigenvalue weighted by molar-refractivity contribution is -0.131. The highest BCUT2D eigenvalue weighted by molar-refractivity contribution is 5.83. The first-order valence-corrected chi connectivity index (χ1v) is 6.15. The summed E-state index contributed by atoms with van der Waals surface area (Å²) in [6, 6.07) is 7.75. The van der Waals surface area contributed by atoms with Gasteiger partial charge in [0, 0.05) is 13.1 Å². The SMILES string of the molecule is COc1ccc(C(C)C(=O)N2CCCC2)cc1. The summed E-state index contributed by atoms with van der Waals surface area (Å²) in [4.78, 5) is 14.2. The van der Waals surface area contributed by atoms with Gasteiger partial charge in [0.2, 0.25) is 5.91 Å². The van der Waals surface area contributed by atoms with Crippen molar-refractivity contribution in [2.24, 2.45) is 0 Å². The number of benzene rings is 1. The Morgan fingerprint density at radius 3 is 2.35 bits per heavy atom. The van der Waals surface area contributed by atoms with E-state index in [4.69, 9.17) is 4.74 Å². The first-order valence-electron chi connectivity index (χ1n) is 6.15. The lowest BCUT2D eigenvalue weighted by Crippen LogP contribution is -2.31. The van der Waals surface area contributed by atoms with Crippen LogP contribution in [0.15, 0.2) is 24.3 Å². The molecule has 0 aromatic heterocycles. The molecule has 92 valence electrons. The van der Waals surface area contributed by atoms with Crippen molar-refractivity contribution in [3.63, 3.8) is 0 Å². The van der Waals surface area contributed by atoms with Crippen LogP contribution in [-0.4, -0.2) is 31.0 Å². The molecule has 3 nitrogen and oxygen atoms in total. The standard InChI is InChI=1S/C14H19NO2/c1-11(14(16)15-9-3-4-10-15)12-5-7-13(17-2)8-6-12/h5-8,11H,3-4,9-10H2,1-2H3. The lowest BCUT2D eigenvalue weighted by Gasteiger charge is -2.20. The predicted molar refractivity (Wildman–Crippen MR) is 67.2 cm³/mol. The molecular formula is C14H19NO2. The van der Waals surface area contributed by atoms with Gasteiger partial charge in [0.1, 0.15) is 5.75 Å². The molecule has 1 amide bonds. The summed E-state index contributed by atoms with van der Waals surface area (Å²) in [7, 11) is 1.65. The van der Waals surface area contributed by atoms with Crippen LogP contribution in [0.2, 0.25) is 0 Å². The van der Waals surface area contributed by atoms with Crippen molar-refractivity contribution in [3.8, 4) is 5.75 Å². The van der Waals surface area contributed by atoms with Crippen LogP contribution in [0.25, 0.3) is 0 Å². The summed E-state index contributed by atoms with van der Waals surface area (Å²) >= 11 is 0. The zero-order valence-electron chi connectivity index (χ0n) is 10.5. The zero-order chi connectivity index (χ0) is 12.3. The molecule has 1 unspecified atom stereocenters. The van der Waals surface area contributed by atoms with Gasteiger partial charge >= 0.3 is 0 Å². The van der Waals surface area contributed by atoms with Gasteiger partial charge in [0.25, 0.3) is 0 Å². The number of carbonyl (C=O) groups excluding carboxylic acids is 1. The molecule has 17 heavy (non-hydrogen) atoms. The van der Waals surface area contributed by atoms with E-state index in [9.17, 15) is 4.79 Å². The first kappa shape index (κ1) is 12.0. The summed E-state index contributed by atoms with van der Waals surface area (Å²) in [5.74, 6) is 1.02. The summed E-state index contributed by atoms with van der Waals surface area (Å²) in [5, 5.41) is 0. The molecule has 1 atom stereocenters. The molecule has 1 heterocycles. The normalized spacial score (nSPS) is 16.9. The maximum Gasteiger partial charge on any atom is 0.229 e. The number of amides is 1. The van der Waals surface area contributed by atoms with E-state index in [1.54, 1.807) is 7.11 Å². The van der Waals surface area contributed by atoms with Crippen LogP contribution in [0.3, 0.4) is 0 Å². The zero-order valence-corrected chi connectivity index (χ0v) is 10.5. The second-order valence-corrected chi connectivity index (χ2v) is 4.53. The average molecular weight is 233 g/mol. The van der Waals surface area contributed by atoms with Gasteiger partial charge in [0.05, 0.1) is 13.0 Å². The molecule has 0 spiro atoms. The molecule has 2 rings (SSSR count). The lowest BCUT2D eigenvalue weighted by atomic mass is 10.00. The average Bonchev–Trinajstić information content (AvgIpc) is 2.91. The van der Waals surface area contributed by atoms with Crippen LogP contribution in [-0.2, 0) is 4.79 Å². The van der Waals surface area contributed by atoms with E-state index >= 15 is 0 Å². The minimum atomic E-state index is -0.0565. The quantitative estimate of drug-likeness (QED) is 0.802. The molecule has 3 heteroatoms. The topological polar surface area (TPSA) is 29.5 Å². The molecule has 0 bridgehead atoms. The predicted octanol–water partition coefficient (Wildman–Crippen LogP) is 2.42. The second-order valence-electron chi connectivity index (χ2n) is 4.53. The van der Waals surface area contributed by atoms with Gasteiger partial charge in [-0.1, -0.05) is 12.1 Å². The van der Waals surface area contributed by atoms with Gasteiger partial charge in [-0.2, -0.15) is 0 Å². The highest BCUT2D eigenvalue weighted by Gasteiger charge is 2.24. The molecule has 1 aromatic rings. The van der Waals surface area contributed by atoms with Gasteiger partial charge in [-0.05, 0) is 37.5 Å². The fourth-order valence-electron chi connectivity index (χ4n) is 2.25. The summed E-state index contributed by atoms with van der Waals surface area (Å²) in [6.07, 6.45) is 2.28. The number of likely N-dealkylation sites (tertiary alicyclic amines) is 1. The number of carbonyl (C=O) groups is 1. The van der Waals surface area contributed by atoms with Crippen LogP contribution in [0.4, 0.5) is 0 Å². The molecule has 1 aromatic carbocycles. The van der Waals surface area contributed by atoms with E-state index < -0.39 is 0 Å². The minimum absolute atomic E-state index is 0.0565. The van der Waals surface area contributed by atoms with Crippen molar-refractivity contribution in [1.82, 2.24) is 4.90 Å². The van der Waals surface area contributed by atoms with Gasteiger partial charge < -0.3 is 9.64 Å².